The third-order valence-corrected chi connectivity index (χ3v) is 4.78. The van der Waals surface area contributed by atoms with Gasteiger partial charge in [0.2, 0.25) is 5.91 Å². The molecule has 1 aliphatic rings. The number of hydrogen-bond donors (Lipinski definition) is 2. The number of carbonyl (C=O) groups excluding carboxylic acids is 2. The van der Waals surface area contributed by atoms with Gasteiger partial charge >= 0.3 is 0 Å². The highest BCUT2D eigenvalue weighted by Crippen LogP contribution is 2.24. The fraction of sp³-hybridized carbons (Fsp3) is 0.333. The number of hydrogen-bond acceptors (Lipinski definition) is 2. The van der Waals surface area contributed by atoms with Crippen molar-refractivity contribution in [2.45, 2.75) is 38.6 Å². The summed E-state index contributed by atoms with van der Waals surface area (Å²) in [6.07, 6.45) is 4.65. The summed E-state index contributed by atoms with van der Waals surface area (Å²) < 4.78 is 13.6. The number of halogens is 1. The van der Waals surface area contributed by atoms with Crippen molar-refractivity contribution in [3.63, 3.8) is 0 Å². The zero-order chi connectivity index (χ0) is 18.5. The molecule has 0 saturated carbocycles. The van der Waals surface area contributed by atoms with Crippen LogP contribution in [-0.4, -0.2) is 18.4 Å². The quantitative estimate of drug-likeness (QED) is 0.865. The molecule has 5 heteroatoms. The topological polar surface area (TPSA) is 58.2 Å². The Morgan fingerprint density at radius 3 is 2.58 bits per heavy atom. The number of fused-ring (bicyclic) bond motifs is 1. The number of carbonyl (C=O) groups is 2. The molecule has 2 N–H and O–H groups in total. The molecule has 26 heavy (non-hydrogen) atoms. The first-order valence-corrected chi connectivity index (χ1v) is 8.98. The predicted molar refractivity (Wildman–Crippen MR) is 98.4 cm³/mol. The van der Waals surface area contributed by atoms with E-state index in [2.05, 4.69) is 22.8 Å². The maximum Gasteiger partial charge on any atom is 0.254 e. The minimum Gasteiger partial charge on any atom is -0.348 e. The van der Waals surface area contributed by atoms with Crippen LogP contribution in [0.1, 0.15) is 52.9 Å². The SMILES string of the molecule is C[C@H](NC(=O)CNC(=O)c1ccccc1F)c1ccc2c(c1)CCCC2. The molecule has 2 amide bonds. The third-order valence-electron chi connectivity index (χ3n) is 4.78. The van der Waals surface area contributed by atoms with Crippen molar-refractivity contribution in [2.75, 3.05) is 6.54 Å². The van der Waals surface area contributed by atoms with Gasteiger partial charge in [-0.1, -0.05) is 30.3 Å². The summed E-state index contributed by atoms with van der Waals surface area (Å²) in [7, 11) is 0. The Bertz CT molecular complexity index is 819. The number of rotatable bonds is 5. The van der Waals surface area contributed by atoms with Gasteiger partial charge in [0.05, 0.1) is 18.2 Å². The molecule has 0 saturated heterocycles. The average Bonchev–Trinajstić information content (AvgIpc) is 2.66. The molecule has 1 aliphatic carbocycles. The molecule has 0 heterocycles. The Balaban J connectivity index is 1.54. The summed E-state index contributed by atoms with van der Waals surface area (Å²) in [4.78, 5) is 24.1. The maximum absolute atomic E-state index is 13.6. The smallest absolute Gasteiger partial charge is 0.254 e. The molecular weight excluding hydrogens is 331 g/mol. The highest BCUT2D eigenvalue weighted by Gasteiger charge is 2.16. The Morgan fingerprint density at radius 1 is 1.08 bits per heavy atom. The Kier molecular flexibility index (Phi) is 5.66. The molecule has 3 rings (SSSR count). The van der Waals surface area contributed by atoms with Crippen molar-refractivity contribution >= 4 is 11.8 Å². The van der Waals surface area contributed by atoms with E-state index < -0.39 is 11.7 Å². The van der Waals surface area contributed by atoms with Crippen LogP contribution in [-0.2, 0) is 17.6 Å². The van der Waals surface area contributed by atoms with Crippen LogP contribution in [0.25, 0.3) is 0 Å². The maximum atomic E-state index is 13.6. The lowest BCUT2D eigenvalue weighted by Gasteiger charge is -2.20. The van der Waals surface area contributed by atoms with Crippen LogP contribution >= 0.6 is 0 Å². The minimum absolute atomic E-state index is 0.0666. The summed E-state index contributed by atoms with van der Waals surface area (Å²) in [6, 6.07) is 11.9. The summed E-state index contributed by atoms with van der Waals surface area (Å²) in [5.74, 6) is -1.51. The zero-order valence-corrected chi connectivity index (χ0v) is 14.8. The summed E-state index contributed by atoms with van der Waals surface area (Å²) in [5, 5.41) is 5.33. The van der Waals surface area contributed by atoms with E-state index in [-0.39, 0.29) is 24.1 Å². The van der Waals surface area contributed by atoms with Crippen LogP contribution in [0.2, 0.25) is 0 Å². The van der Waals surface area contributed by atoms with Crippen molar-refractivity contribution < 1.29 is 14.0 Å². The summed E-state index contributed by atoms with van der Waals surface area (Å²) in [6.45, 7) is 1.73. The lowest BCUT2D eigenvalue weighted by molar-refractivity contribution is -0.120. The second-order valence-electron chi connectivity index (χ2n) is 6.69. The standard InChI is InChI=1S/C21H23FN2O2/c1-14(16-11-10-15-6-2-3-7-17(15)12-16)24-20(25)13-23-21(26)18-8-4-5-9-19(18)22/h4-5,8-12,14H,2-3,6-7,13H2,1H3,(H,23,26)(H,24,25)/t14-/m0/s1. The van der Waals surface area contributed by atoms with E-state index in [0.717, 1.165) is 18.4 Å². The van der Waals surface area contributed by atoms with Gasteiger partial charge in [-0.25, -0.2) is 4.39 Å². The third kappa shape index (κ3) is 4.28. The highest BCUT2D eigenvalue weighted by atomic mass is 19.1. The molecule has 0 aliphatic heterocycles. The Hall–Kier alpha value is -2.69. The van der Waals surface area contributed by atoms with Gasteiger partial charge in [-0.3, -0.25) is 9.59 Å². The van der Waals surface area contributed by atoms with E-state index in [9.17, 15) is 14.0 Å². The minimum atomic E-state index is -0.604. The van der Waals surface area contributed by atoms with Crippen LogP contribution in [0.4, 0.5) is 4.39 Å². The average molecular weight is 354 g/mol. The predicted octanol–water partition coefficient (Wildman–Crippen LogP) is 3.31. The van der Waals surface area contributed by atoms with Gasteiger partial charge in [-0.15, -0.1) is 0 Å². The van der Waals surface area contributed by atoms with Crippen LogP contribution in [0.15, 0.2) is 42.5 Å². The second kappa shape index (κ2) is 8.13. The Labute approximate surface area is 152 Å². The van der Waals surface area contributed by atoms with E-state index in [1.165, 1.54) is 42.2 Å². The molecule has 0 bridgehead atoms. The first-order chi connectivity index (χ1) is 12.5. The molecule has 1 atom stereocenters. The summed E-state index contributed by atoms with van der Waals surface area (Å²) >= 11 is 0. The molecule has 2 aromatic carbocycles. The molecule has 0 unspecified atom stereocenters. The molecule has 4 nitrogen and oxygen atoms in total. The van der Waals surface area contributed by atoms with Crippen molar-refractivity contribution in [1.82, 2.24) is 10.6 Å². The van der Waals surface area contributed by atoms with Crippen molar-refractivity contribution in [1.29, 1.82) is 0 Å². The van der Waals surface area contributed by atoms with Crippen molar-refractivity contribution in [2.24, 2.45) is 0 Å². The first kappa shape index (κ1) is 18.1. The lowest BCUT2D eigenvalue weighted by atomic mass is 9.89. The van der Waals surface area contributed by atoms with Gasteiger partial charge in [0.15, 0.2) is 0 Å². The second-order valence-corrected chi connectivity index (χ2v) is 6.69. The van der Waals surface area contributed by atoms with Crippen LogP contribution in [0, 0.1) is 5.82 Å². The zero-order valence-electron chi connectivity index (χ0n) is 14.8. The molecule has 2 aromatic rings. The van der Waals surface area contributed by atoms with E-state index in [1.54, 1.807) is 6.07 Å². The van der Waals surface area contributed by atoms with Gasteiger partial charge in [0.25, 0.3) is 5.91 Å². The van der Waals surface area contributed by atoms with E-state index in [1.807, 2.05) is 13.0 Å². The van der Waals surface area contributed by atoms with E-state index >= 15 is 0 Å². The molecule has 0 aromatic heterocycles. The first-order valence-electron chi connectivity index (χ1n) is 8.98. The van der Waals surface area contributed by atoms with Gasteiger partial charge < -0.3 is 10.6 Å². The lowest BCUT2D eigenvalue weighted by Crippen LogP contribution is -2.38. The highest BCUT2D eigenvalue weighted by molar-refractivity contribution is 5.96. The molecule has 0 spiro atoms. The molecule has 0 radical (unpaired) electrons. The molecule has 0 fully saturated rings. The monoisotopic (exact) mass is 354 g/mol. The summed E-state index contributed by atoms with van der Waals surface area (Å²) in [5.41, 5.74) is 3.75. The van der Waals surface area contributed by atoms with Crippen molar-refractivity contribution in [3.05, 3.63) is 70.5 Å². The molecular formula is C21H23FN2O2. The fourth-order valence-electron chi connectivity index (χ4n) is 3.30. The van der Waals surface area contributed by atoms with Gasteiger partial charge in [-0.2, -0.15) is 0 Å². The number of benzene rings is 2. The number of amides is 2. The van der Waals surface area contributed by atoms with Crippen LogP contribution in [0.5, 0.6) is 0 Å². The number of nitrogens with one attached hydrogen (secondary N) is 2. The van der Waals surface area contributed by atoms with Gasteiger partial charge in [0.1, 0.15) is 5.82 Å². The van der Waals surface area contributed by atoms with Gasteiger partial charge in [0, 0.05) is 0 Å². The largest absolute Gasteiger partial charge is 0.348 e. The Morgan fingerprint density at radius 2 is 1.81 bits per heavy atom. The number of aryl methyl sites for hydroxylation is 2. The van der Waals surface area contributed by atoms with Gasteiger partial charge in [-0.05, 0) is 61.4 Å². The molecule has 136 valence electrons. The van der Waals surface area contributed by atoms with E-state index in [0.29, 0.717) is 0 Å². The fourth-order valence-corrected chi connectivity index (χ4v) is 3.30. The normalized spacial score (nSPS) is 14.2. The van der Waals surface area contributed by atoms with Crippen LogP contribution in [0.3, 0.4) is 0 Å². The van der Waals surface area contributed by atoms with E-state index in [4.69, 9.17) is 0 Å². The van der Waals surface area contributed by atoms with Crippen LogP contribution < -0.4 is 10.6 Å². The van der Waals surface area contributed by atoms with Crippen molar-refractivity contribution in [3.8, 4) is 0 Å².